The molecule has 1 aliphatic rings. The lowest BCUT2D eigenvalue weighted by Crippen LogP contribution is -2.40. The van der Waals surface area contributed by atoms with Gasteiger partial charge in [0.1, 0.15) is 6.17 Å². The first-order valence-corrected chi connectivity index (χ1v) is 6.43. The van der Waals surface area contributed by atoms with E-state index in [0.29, 0.717) is 12.5 Å². The van der Waals surface area contributed by atoms with Crippen molar-refractivity contribution >= 4 is 5.69 Å². The van der Waals surface area contributed by atoms with E-state index in [-0.39, 0.29) is 5.92 Å². The molecule has 0 saturated carbocycles. The number of hydrogen-bond acceptors (Lipinski definition) is 2. The molecule has 2 nitrogen and oxygen atoms in total. The lowest BCUT2D eigenvalue weighted by atomic mass is 9.97. The molecule has 2 rings (SSSR count). The molecule has 0 radical (unpaired) electrons. The van der Waals surface area contributed by atoms with Crippen LogP contribution >= 0.6 is 0 Å². The number of nitrogens with zero attached hydrogens (tertiary/aromatic N) is 2. The van der Waals surface area contributed by atoms with Crippen LogP contribution in [0.1, 0.15) is 38.8 Å². The van der Waals surface area contributed by atoms with Gasteiger partial charge in [0.2, 0.25) is 0 Å². The number of pyridine rings is 1. The predicted octanol–water partition coefficient (Wildman–Crippen LogP) is 3.39. The lowest BCUT2D eigenvalue weighted by molar-refractivity contribution is 0.211. The molecule has 1 aliphatic heterocycles. The van der Waals surface area contributed by atoms with Gasteiger partial charge in [0.25, 0.3) is 0 Å². The highest BCUT2D eigenvalue weighted by molar-refractivity contribution is 5.45. The maximum absolute atomic E-state index is 13.7. The van der Waals surface area contributed by atoms with Crippen molar-refractivity contribution in [3.8, 4) is 0 Å². The molecule has 0 amide bonds. The second-order valence-corrected chi connectivity index (χ2v) is 5.32. The molecular weight excluding hydrogens is 215 g/mol. The van der Waals surface area contributed by atoms with Gasteiger partial charge in [0.15, 0.2) is 0 Å². The van der Waals surface area contributed by atoms with Gasteiger partial charge in [-0.3, -0.25) is 4.98 Å². The Labute approximate surface area is 103 Å². The van der Waals surface area contributed by atoms with Crippen LogP contribution in [0.2, 0.25) is 0 Å². The Morgan fingerprint density at radius 3 is 2.71 bits per heavy atom. The van der Waals surface area contributed by atoms with Crippen molar-refractivity contribution in [2.45, 2.75) is 39.3 Å². The number of anilines is 1. The summed E-state index contributed by atoms with van der Waals surface area (Å²) in [4.78, 5) is 6.53. The molecule has 94 valence electrons. The summed E-state index contributed by atoms with van der Waals surface area (Å²) in [7, 11) is 0. The Hall–Kier alpha value is -1.12. The maximum atomic E-state index is 13.7. The fraction of sp³-hybridized carbons (Fsp3) is 0.643. The zero-order chi connectivity index (χ0) is 12.4. The third kappa shape index (κ3) is 2.76. The van der Waals surface area contributed by atoms with Gasteiger partial charge in [0, 0.05) is 18.8 Å². The van der Waals surface area contributed by atoms with E-state index >= 15 is 0 Å². The molecule has 1 saturated heterocycles. The molecule has 0 aromatic carbocycles. The highest BCUT2D eigenvalue weighted by Crippen LogP contribution is 2.25. The molecule has 17 heavy (non-hydrogen) atoms. The maximum Gasteiger partial charge on any atom is 0.120 e. The molecule has 2 heterocycles. The Balaban J connectivity index is 2.07. The molecule has 1 aromatic heterocycles. The largest absolute Gasteiger partial charge is 0.367 e. The summed E-state index contributed by atoms with van der Waals surface area (Å²) < 4.78 is 13.7. The number of hydrogen-bond donors (Lipinski definition) is 0. The van der Waals surface area contributed by atoms with Gasteiger partial charge in [0.05, 0.1) is 11.9 Å². The molecule has 2 atom stereocenters. The number of piperidine rings is 1. The molecule has 0 N–H and O–H groups in total. The average Bonchev–Trinajstić information content (AvgIpc) is 2.33. The van der Waals surface area contributed by atoms with Gasteiger partial charge in [-0.05, 0) is 30.4 Å². The van der Waals surface area contributed by atoms with Crippen LogP contribution in [-0.2, 0) is 0 Å². The summed E-state index contributed by atoms with van der Waals surface area (Å²) in [5.74, 6) is 0.633. The zero-order valence-electron chi connectivity index (χ0n) is 10.9. The molecule has 0 spiro atoms. The quantitative estimate of drug-likeness (QED) is 0.782. The smallest absolute Gasteiger partial charge is 0.120 e. The predicted molar refractivity (Wildman–Crippen MR) is 69.2 cm³/mol. The van der Waals surface area contributed by atoms with Crippen LogP contribution in [0.15, 0.2) is 18.3 Å². The first-order chi connectivity index (χ1) is 8.08. The summed E-state index contributed by atoms with van der Waals surface area (Å²) >= 11 is 0. The normalized spacial score (nSPS) is 25.4. The molecule has 0 aliphatic carbocycles. The third-order valence-corrected chi connectivity index (χ3v) is 3.59. The van der Waals surface area contributed by atoms with E-state index in [4.69, 9.17) is 0 Å². The van der Waals surface area contributed by atoms with E-state index in [1.165, 1.54) is 0 Å². The van der Waals surface area contributed by atoms with Gasteiger partial charge in [-0.25, -0.2) is 4.39 Å². The molecule has 1 fully saturated rings. The Morgan fingerprint density at radius 2 is 2.18 bits per heavy atom. The minimum Gasteiger partial charge on any atom is -0.367 e. The van der Waals surface area contributed by atoms with E-state index in [2.05, 4.69) is 29.8 Å². The number of halogens is 1. The Morgan fingerprint density at radius 1 is 1.41 bits per heavy atom. The number of aromatic nitrogens is 1. The Bertz CT molecular complexity index is 361. The van der Waals surface area contributed by atoms with Crippen LogP contribution in [-0.4, -0.2) is 24.2 Å². The monoisotopic (exact) mass is 236 g/mol. The molecular formula is C14H21FN2. The minimum atomic E-state index is -0.714. The van der Waals surface area contributed by atoms with Gasteiger partial charge in [-0.2, -0.15) is 0 Å². The van der Waals surface area contributed by atoms with Crippen LogP contribution in [0.3, 0.4) is 0 Å². The lowest BCUT2D eigenvalue weighted by Gasteiger charge is -2.34. The summed E-state index contributed by atoms with van der Waals surface area (Å²) in [6.45, 7) is 7.68. The van der Waals surface area contributed by atoms with Gasteiger partial charge >= 0.3 is 0 Å². The van der Waals surface area contributed by atoms with Crippen molar-refractivity contribution in [3.63, 3.8) is 0 Å². The summed E-state index contributed by atoms with van der Waals surface area (Å²) in [5, 5.41) is 0. The Kier molecular flexibility index (Phi) is 3.65. The minimum absolute atomic E-state index is 0.189. The standard InChI is InChI=1S/C14H21FN2/c1-10(2)14-5-4-12(8-16-14)17-7-6-11(3)13(15)9-17/h4-5,8,10-11,13H,6-7,9H2,1-3H3/t11?,13-/m0/s1. The van der Waals surface area contributed by atoms with Crippen molar-refractivity contribution in [1.82, 2.24) is 4.98 Å². The van der Waals surface area contributed by atoms with Crippen molar-refractivity contribution in [1.29, 1.82) is 0 Å². The van der Waals surface area contributed by atoms with Gasteiger partial charge in [-0.1, -0.05) is 20.8 Å². The van der Waals surface area contributed by atoms with Crippen LogP contribution in [0.4, 0.5) is 10.1 Å². The molecule has 1 unspecified atom stereocenters. The van der Waals surface area contributed by atoms with E-state index in [1.807, 2.05) is 19.2 Å². The second-order valence-electron chi connectivity index (χ2n) is 5.32. The number of rotatable bonds is 2. The van der Waals surface area contributed by atoms with E-state index in [9.17, 15) is 4.39 Å². The van der Waals surface area contributed by atoms with Crippen molar-refractivity contribution in [2.75, 3.05) is 18.0 Å². The number of alkyl halides is 1. The average molecular weight is 236 g/mol. The SMILES string of the molecule is CC(C)c1ccc(N2CCC(C)[C@@H](F)C2)cn1. The fourth-order valence-corrected chi connectivity index (χ4v) is 2.18. The molecule has 0 bridgehead atoms. The van der Waals surface area contributed by atoms with E-state index in [0.717, 1.165) is 24.3 Å². The van der Waals surface area contributed by atoms with Gasteiger partial charge in [-0.15, -0.1) is 0 Å². The van der Waals surface area contributed by atoms with E-state index in [1.54, 1.807) is 0 Å². The van der Waals surface area contributed by atoms with Crippen LogP contribution in [0, 0.1) is 5.92 Å². The summed E-state index contributed by atoms with van der Waals surface area (Å²) in [6, 6.07) is 4.11. The fourth-order valence-electron chi connectivity index (χ4n) is 2.18. The van der Waals surface area contributed by atoms with E-state index < -0.39 is 6.17 Å². The highest BCUT2D eigenvalue weighted by Gasteiger charge is 2.25. The molecule has 3 heteroatoms. The first-order valence-electron chi connectivity index (χ1n) is 6.43. The second kappa shape index (κ2) is 5.03. The topological polar surface area (TPSA) is 16.1 Å². The van der Waals surface area contributed by atoms with Crippen LogP contribution < -0.4 is 4.90 Å². The molecule has 1 aromatic rings. The van der Waals surface area contributed by atoms with Gasteiger partial charge < -0.3 is 4.90 Å². The van der Waals surface area contributed by atoms with Crippen LogP contribution in [0.25, 0.3) is 0 Å². The zero-order valence-corrected chi connectivity index (χ0v) is 10.9. The summed E-state index contributed by atoms with van der Waals surface area (Å²) in [5.41, 5.74) is 2.14. The third-order valence-electron chi connectivity index (χ3n) is 3.59. The van der Waals surface area contributed by atoms with Crippen molar-refractivity contribution in [3.05, 3.63) is 24.0 Å². The van der Waals surface area contributed by atoms with Crippen molar-refractivity contribution < 1.29 is 4.39 Å². The van der Waals surface area contributed by atoms with Crippen LogP contribution in [0.5, 0.6) is 0 Å². The van der Waals surface area contributed by atoms with Crippen molar-refractivity contribution in [2.24, 2.45) is 5.92 Å². The highest BCUT2D eigenvalue weighted by atomic mass is 19.1. The first kappa shape index (κ1) is 12.3. The summed E-state index contributed by atoms with van der Waals surface area (Å²) in [6.07, 6.45) is 2.08.